The Morgan fingerprint density at radius 1 is 0.963 bits per heavy atom. The smallest absolute Gasteiger partial charge is 0.261 e. The van der Waals surface area contributed by atoms with Gasteiger partial charge in [-0.05, 0) is 50.2 Å². The van der Waals surface area contributed by atoms with Crippen LogP contribution < -0.4 is 10.0 Å². The van der Waals surface area contributed by atoms with Crippen LogP contribution in [0.25, 0.3) is 0 Å². The molecule has 0 atom stereocenters. The fourth-order valence-corrected chi connectivity index (χ4v) is 3.64. The molecule has 0 saturated heterocycles. The lowest BCUT2D eigenvalue weighted by Gasteiger charge is -2.20. The van der Waals surface area contributed by atoms with Gasteiger partial charge in [-0.25, -0.2) is 8.42 Å². The second-order valence-electron chi connectivity index (χ2n) is 5.83. The van der Waals surface area contributed by atoms with Gasteiger partial charge in [0, 0.05) is 25.7 Å². The van der Waals surface area contributed by atoms with Gasteiger partial charge < -0.3 is 10.2 Å². The number of rotatable bonds is 7. The van der Waals surface area contributed by atoms with Crippen molar-refractivity contribution in [3.05, 3.63) is 54.1 Å². The number of carbonyl (C=O) groups excluding carboxylic acids is 2. The molecule has 2 aromatic rings. The minimum Gasteiger partial charge on any atom is -0.339 e. The summed E-state index contributed by atoms with van der Waals surface area (Å²) in [6.07, 6.45) is 0. The number of benzene rings is 2. The standard InChI is InChI=1S/C19H23N3O4S/c1-4-22(5-2)19(24)17-8-6-7-9-18(17)21-27(25,26)16-12-10-15(11-13-16)20-14(3)23/h6-13,21H,4-5H2,1-3H3,(H,20,23). The molecule has 2 aromatic carbocycles. The third-order valence-electron chi connectivity index (χ3n) is 3.94. The summed E-state index contributed by atoms with van der Waals surface area (Å²) in [7, 11) is -3.89. The highest BCUT2D eigenvalue weighted by Gasteiger charge is 2.20. The number of amides is 2. The van der Waals surface area contributed by atoms with Crippen molar-refractivity contribution in [3.8, 4) is 0 Å². The van der Waals surface area contributed by atoms with Gasteiger partial charge >= 0.3 is 0 Å². The van der Waals surface area contributed by atoms with Crippen LogP contribution in [0.2, 0.25) is 0 Å². The lowest BCUT2D eigenvalue weighted by atomic mass is 10.1. The maximum absolute atomic E-state index is 12.7. The molecule has 2 rings (SSSR count). The maximum atomic E-state index is 12.7. The zero-order valence-electron chi connectivity index (χ0n) is 15.5. The number of para-hydroxylation sites is 1. The van der Waals surface area contributed by atoms with Gasteiger partial charge in [-0.1, -0.05) is 12.1 Å². The van der Waals surface area contributed by atoms with Crippen LogP contribution in [0.4, 0.5) is 11.4 Å². The first-order valence-corrected chi connectivity index (χ1v) is 10.1. The summed E-state index contributed by atoms with van der Waals surface area (Å²) in [5.74, 6) is -0.480. The van der Waals surface area contributed by atoms with E-state index in [1.807, 2.05) is 13.8 Å². The third kappa shape index (κ3) is 5.07. The molecule has 0 unspecified atom stereocenters. The normalized spacial score (nSPS) is 10.9. The van der Waals surface area contributed by atoms with Gasteiger partial charge in [-0.3, -0.25) is 14.3 Å². The van der Waals surface area contributed by atoms with Crippen LogP contribution in [-0.4, -0.2) is 38.2 Å². The van der Waals surface area contributed by atoms with E-state index in [1.54, 1.807) is 29.2 Å². The molecule has 0 saturated carbocycles. The monoisotopic (exact) mass is 389 g/mol. The van der Waals surface area contributed by atoms with Gasteiger partial charge in [0.2, 0.25) is 5.91 Å². The molecule has 0 aromatic heterocycles. The Bertz CT molecular complexity index is 920. The molecule has 0 fully saturated rings. The fourth-order valence-electron chi connectivity index (χ4n) is 2.56. The van der Waals surface area contributed by atoms with Crippen LogP contribution in [0.3, 0.4) is 0 Å². The number of hydrogen-bond acceptors (Lipinski definition) is 4. The highest BCUT2D eigenvalue weighted by molar-refractivity contribution is 7.92. The van der Waals surface area contributed by atoms with E-state index in [0.29, 0.717) is 24.3 Å². The van der Waals surface area contributed by atoms with E-state index in [2.05, 4.69) is 10.0 Å². The van der Waals surface area contributed by atoms with Crippen molar-refractivity contribution >= 4 is 33.2 Å². The molecule has 8 heteroatoms. The molecule has 0 heterocycles. The fraction of sp³-hybridized carbons (Fsp3) is 0.263. The van der Waals surface area contributed by atoms with E-state index >= 15 is 0 Å². The van der Waals surface area contributed by atoms with Crippen molar-refractivity contribution < 1.29 is 18.0 Å². The quantitative estimate of drug-likeness (QED) is 0.761. The summed E-state index contributed by atoms with van der Waals surface area (Å²) in [6, 6.07) is 12.3. The van der Waals surface area contributed by atoms with Gasteiger partial charge in [0.25, 0.3) is 15.9 Å². The minimum absolute atomic E-state index is 0.0293. The van der Waals surface area contributed by atoms with Crippen molar-refractivity contribution in [1.29, 1.82) is 0 Å². The molecule has 0 spiro atoms. The van der Waals surface area contributed by atoms with Gasteiger partial charge in [-0.2, -0.15) is 0 Å². The highest BCUT2D eigenvalue weighted by Crippen LogP contribution is 2.22. The zero-order valence-corrected chi connectivity index (χ0v) is 16.3. The molecule has 2 amide bonds. The van der Waals surface area contributed by atoms with Crippen LogP contribution >= 0.6 is 0 Å². The molecule has 144 valence electrons. The summed E-state index contributed by atoms with van der Waals surface area (Å²) < 4.78 is 27.9. The summed E-state index contributed by atoms with van der Waals surface area (Å²) in [5.41, 5.74) is 1.01. The average molecular weight is 389 g/mol. The summed E-state index contributed by atoms with van der Waals surface area (Å²) in [6.45, 7) is 6.16. The Morgan fingerprint density at radius 3 is 2.11 bits per heavy atom. The Morgan fingerprint density at radius 2 is 1.56 bits per heavy atom. The van der Waals surface area contributed by atoms with Crippen molar-refractivity contribution in [3.63, 3.8) is 0 Å². The summed E-state index contributed by atoms with van der Waals surface area (Å²) >= 11 is 0. The number of hydrogen-bond donors (Lipinski definition) is 2. The lowest BCUT2D eigenvalue weighted by Crippen LogP contribution is -2.31. The van der Waals surface area contributed by atoms with E-state index in [4.69, 9.17) is 0 Å². The molecular formula is C19H23N3O4S. The van der Waals surface area contributed by atoms with Gasteiger partial charge in [0.1, 0.15) is 0 Å². The van der Waals surface area contributed by atoms with Crippen LogP contribution in [0, 0.1) is 0 Å². The van der Waals surface area contributed by atoms with Crippen LogP contribution in [0.15, 0.2) is 53.4 Å². The SMILES string of the molecule is CCN(CC)C(=O)c1ccccc1NS(=O)(=O)c1ccc(NC(C)=O)cc1. The average Bonchev–Trinajstić information content (AvgIpc) is 2.62. The zero-order chi connectivity index (χ0) is 20.0. The first-order chi connectivity index (χ1) is 12.8. The number of sulfonamides is 1. The Labute approximate surface area is 159 Å². The predicted octanol–water partition coefficient (Wildman–Crippen LogP) is 2.93. The molecule has 0 aliphatic carbocycles. The second-order valence-corrected chi connectivity index (χ2v) is 7.52. The van der Waals surface area contributed by atoms with Crippen molar-refractivity contribution in [1.82, 2.24) is 4.90 Å². The molecular weight excluding hydrogens is 366 g/mol. The van der Waals surface area contributed by atoms with Crippen molar-refractivity contribution in [2.24, 2.45) is 0 Å². The summed E-state index contributed by atoms with van der Waals surface area (Å²) in [5, 5.41) is 2.58. The van der Waals surface area contributed by atoms with Gasteiger partial charge in [0.05, 0.1) is 16.1 Å². The molecule has 0 aliphatic heterocycles. The van der Waals surface area contributed by atoms with E-state index in [9.17, 15) is 18.0 Å². The maximum Gasteiger partial charge on any atom is 0.261 e. The molecule has 7 nitrogen and oxygen atoms in total. The second kappa shape index (κ2) is 8.68. The largest absolute Gasteiger partial charge is 0.339 e. The first-order valence-electron chi connectivity index (χ1n) is 8.57. The van der Waals surface area contributed by atoms with E-state index in [1.165, 1.54) is 31.2 Å². The number of carbonyl (C=O) groups is 2. The van der Waals surface area contributed by atoms with Gasteiger partial charge in [-0.15, -0.1) is 0 Å². The minimum atomic E-state index is -3.89. The van der Waals surface area contributed by atoms with Crippen molar-refractivity contribution in [2.75, 3.05) is 23.1 Å². The van der Waals surface area contributed by atoms with Gasteiger partial charge in [0.15, 0.2) is 0 Å². The number of nitrogens with zero attached hydrogens (tertiary/aromatic N) is 1. The molecule has 2 N–H and O–H groups in total. The first kappa shape index (κ1) is 20.4. The summed E-state index contributed by atoms with van der Waals surface area (Å²) in [4.78, 5) is 25.4. The molecule has 0 radical (unpaired) electrons. The third-order valence-corrected chi connectivity index (χ3v) is 5.32. The molecule has 0 aliphatic rings. The highest BCUT2D eigenvalue weighted by atomic mass is 32.2. The van der Waals surface area contributed by atoms with Crippen LogP contribution in [0.5, 0.6) is 0 Å². The molecule has 0 bridgehead atoms. The Kier molecular flexibility index (Phi) is 6.57. The van der Waals surface area contributed by atoms with E-state index < -0.39 is 10.0 Å². The Hall–Kier alpha value is -2.87. The number of anilines is 2. The Balaban J connectivity index is 2.30. The topological polar surface area (TPSA) is 95.6 Å². The predicted molar refractivity (Wildman–Crippen MR) is 105 cm³/mol. The van der Waals surface area contributed by atoms with Crippen LogP contribution in [0.1, 0.15) is 31.1 Å². The number of nitrogens with one attached hydrogen (secondary N) is 2. The van der Waals surface area contributed by atoms with Crippen molar-refractivity contribution in [2.45, 2.75) is 25.7 Å². The van der Waals surface area contributed by atoms with E-state index in [-0.39, 0.29) is 22.4 Å². The lowest BCUT2D eigenvalue weighted by molar-refractivity contribution is -0.114. The molecule has 27 heavy (non-hydrogen) atoms. The van der Waals surface area contributed by atoms with Crippen LogP contribution in [-0.2, 0) is 14.8 Å². The van der Waals surface area contributed by atoms with E-state index in [0.717, 1.165) is 0 Å².